The van der Waals surface area contributed by atoms with Gasteiger partial charge in [-0.15, -0.1) is 0 Å². The van der Waals surface area contributed by atoms with Crippen molar-refractivity contribution in [2.75, 3.05) is 12.8 Å². The number of benzene rings is 1. The van der Waals surface area contributed by atoms with Crippen molar-refractivity contribution in [3.05, 3.63) is 52.7 Å². The van der Waals surface area contributed by atoms with Gasteiger partial charge in [0.2, 0.25) is 0 Å². The van der Waals surface area contributed by atoms with E-state index >= 15 is 0 Å². The molecule has 1 aromatic carbocycles. The normalized spacial score (nSPS) is 12.2. The molecule has 0 fully saturated rings. The van der Waals surface area contributed by atoms with E-state index in [1.54, 1.807) is 13.3 Å². The zero-order valence-corrected chi connectivity index (χ0v) is 11.5. The molecule has 0 saturated carbocycles. The van der Waals surface area contributed by atoms with Crippen LogP contribution in [0.3, 0.4) is 0 Å². The molecule has 1 unspecified atom stereocenters. The summed E-state index contributed by atoms with van der Waals surface area (Å²) in [5.41, 5.74) is 16.1. The Morgan fingerprint density at radius 1 is 1.21 bits per heavy atom. The highest BCUT2D eigenvalue weighted by Gasteiger charge is 2.14. The van der Waals surface area contributed by atoms with Gasteiger partial charge in [-0.1, -0.05) is 12.1 Å². The highest BCUT2D eigenvalue weighted by atomic mass is 16.5. The van der Waals surface area contributed by atoms with Crippen LogP contribution in [0.5, 0.6) is 5.75 Å². The number of aromatic nitrogens is 1. The van der Waals surface area contributed by atoms with Gasteiger partial charge in [0.15, 0.2) is 0 Å². The largest absolute Gasteiger partial charge is 0.496 e. The Labute approximate surface area is 113 Å². The fourth-order valence-corrected chi connectivity index (χ4v) is 2.13. The first-order valence-electron chi connectivity index (χ1n) is 6.15. The first kappa shape index (κ1) is 13.4. The smallest absolute Gasteiger partial charge is 0.128 e. The molecule has 0 radical (unpaired) electrons. The molecule has 0 spiro atoms. The SMILES string of the molecule is COc1ccc(C(N)c2cc(C)cnc2N)cc1C. The van der Waals surface area contributed by atoms with Gasteiger partial charge in [0.25, 0.3) is 0 Å². The summed E-state index contributed by atoms with van der Waals surface area (Å²) in [6.45, 7) is 3.97. The minimum absolute atomic E-state index is 0.281. The number of hydrogen-bond acceptors (Lipinski definition) is 4. The molecule has 4 heteroatoms. The Hall–Kier alpha value is -2.07. The summed E-state index contributed by atoms with van der Waals surface area (Å²) in [6.07, 6.45) is 1.74. The zero-order valence-electron chi connectivity index (χ0n) is 11.5. The third-order valence-corrected chi connectivity index (χ3v) is 3.20. The van der Waals surface area contributed by atoms with E-state index in [1.807, 2.05) is 38.1 Å². The average molecular weight is 257 g/mol. The van der Waals surface area contributed by atoms with Crippen LogP contribution in [0.4, 0.5) is 5.82 Å². The predicted molar refractivity (Wildman–Crippen MR) is 77.1 cm³/mol. The maximum atomic E-state index is 6.29. The number of rotatable bonds is 3. The number of aryl methyl sites for hydroxylation is 2. The van der Waals surface area contributed by atoms with Crippen LogP contribution < -0.4 is 16.2 Å². The van der Waals surface area contributed by atoms with Crippen LogP contribution in [-0.2, 0) is 0 Å². The topological polar surface area (TPSA) is 74.2 Å². The molecule has 1 aromatic heterocycles. The van der Waals surface area contributed by atoms with Crippen LogP contribution in [0, 0.1) is 13.8 Å². The Kier molecular flexibility index (Phi) is 3.71. The lowest BCUT2D eigenvalue weighted by molar-refractivity contribution is 0.411. The third kappa shape index (κ3) is 2.69. The molecule has 19 heavy (non-hydrogen) atoms. The van der Waals surface area contributed by atoms with Gasteiger partial charge in [-0.05, 0) is 42.7 Å². The molecule has 4 N–H and O–H groups in total. The van der Waals surface area contributed by atoms with Crippen molar-refractivity contribution in [2.45, 2.75) is 19.9 Å². The minimum atomic E-state index is -0.281. The second kappa shape index (κ2) is 5.28. The predicted octanol–water partition coefficient (Wildman–Crippen LogP) is 2.34. The zero-order chi connectivity index (χ0) is 14.0. The number of methoxy groups -OCH3 is 1. The van der Waals surface area contributed by atoms with E-state index in [9.17, 15) is 0 Å². The lowest BCUT2D eigenvalue weighted by atomic mass is 9.97. The highest BCUT2D eigenvalue weighted by Crippen LogP contribution is 2.27. The average Bonchev–Trinajstić information content (AvgIpc) is 2.40. The molecular weight excluding hydrogens is 238 g/mol. The third-order valence-electron chi connectivity index (χ3n) is 3.20. The summed E-state index contributed by atoms with van der Waals surface area (Å²) in [7, 11) is 1.66. The Morgan fingerprint density at radius 2 is 1.95 bits per heavy atom. The van der Waals surface area contributed by atoms with Crippen LogP contribution in [0.25, 0.3) is 0 Å². The van der Waals surface area contributed by atoms with E-state index in [1.165, 1.54) is 0 Å². The molecule has 100 valence electrons. The maximum Gasteiger partial charge on any atom is 0.128 e. The van der Waals surface area contributed by atoms with Gasteiger partial charge < -0.3 is 16.2 Å². The summed E-state index contributed by atoms with van der Waals surface area (Å²) in [5.74, 6) is 1.33. The molecule has 0 bridgehead atoms. The molecular formula is C15H19N3O. The number of ether oxygens (including phenoxy) is 1. The molecule has 0 saturated heterocycles. The van der Waals surface area contributed by atoms with Crippen LogP contribution in [0.15, 0.2) is 30.5 Å². The Balaban J connectivity index is 2.41. The standard InChI is InChI=1S/C15H19N3O/c1-9-6-12(15(17)18-8-9)14(16)11-4-5-13(19-3)10(2)7-11/h4-8,14H,16H2,1-3H3,(H2,17,18). The van der Waals surface area contributed by atoms with Crippen LogP contribution in [0.1, 0.15) is 28.3 Å². The number of hydrogen-bond donors (Lipinski definition) is 2. The van der Waals surface area contributed by atoms with Gasteiger partial charge in [0, 0.05) is 11.8 Å². The van der Waals surface area contributed by atoms with Crippen molar-refractivity contribution in [1.29, 1.82) is 0 Å². The molecule has 1 heterocycles. The highest BCUT2D eigenvalue weighted by molar-refractivity contribution is 5.48. The van der Waals surface area contributed by atoms with Gasteiger partial charge in [0.05, 0.1) is 13.2 Å². The van der Waals surface area contributed by atoms with Crippen molar-refractivity contribution in [3.8, 4) is 5.75 Å². The molecule has 2 aromatic rings. The first-order valence-corrected chi connectivity index (χ1v) is 6.15. The molecule has 1 atom stereocenters. The molecule has 0 aliphatic carbocycles. The Morgan fingerprint density at radius 3 is 2.58 bits per heavy atom. The van der Waals surface area contributed by atoms with Crippen molar-refractivity contribution < 1.29 is 4.74 Å². The molecule has 4 nitrogen and oxygen atoms in total. The van der Waals surface area contributed by atoms with Gasteiger partial charge in [-0.2, -0.15) is 0 Å². The van der Waals surface area contributed by atoms with Crippen molar-refractivity contribution in [3.63, 3.8) is 0 Å². The second-order valence-corrected chi connectivity index (χ2v) is 4.69. The summed E-state index contributed by atoms with van der Waals surface area (Å²) in [5, 5.41) is 0. The van der Waals surface area contributed by atoms with Crippen molar-refractivity contribution in [1.82, 2.24) is 4.98 Å². The minimum Gasteiger partial charge on any atom is -0.496 e. The molecule has 0 amide bonds. The van der Waals surface area contributed by atoms with Crippen molar-refractivity contribution in [2.24, 2.45) is 5.73 Å². The fourth-order valence-electron chi connectivity index (χ4n) is 2.13. The van der Waals surface area contributed by atoms with E-state index in [-0.39, 0.29) is 6.04 Å². The van der Waals surface area contributed by atoms with Gasteiger partial charge >= 0.3 is 0 Å². The Bertz CT molecular complexity index is 596. The second-order valence-electron chi connectivity index (χ2n) is 4.69. The summed E-state index contributed by atoms with van der Waals surface area (Å²) in [6, 6.07) is 7.59. The van der Waals surface area contributed by atoms with Gasteiger partial charge in [0.1, 0.15) is 11.6 Å². The van der Waals surface area contributed by atoms with Crippen LogP contribution in [0.2, 0.25) is 0 Å². The number of anilines is 1. The lowest BCUT2D eigenvalue weighted by Crippen LogP contribution is -2.15. The number of nitrogens with zero attached hydrogens (tertiary/aromatic N) is 1. The first-order chi connectivity index (χ1) is 9.02. The van der Waals surface area contributed by atoms with E-state index in [0.29, 0.717) is 5.82 Å². The lowest BCUT2D eigenvalue weighted by Gasteiger charge is -2.16. The fraction of sp³-hybridized carbons (Fsp3) is 0.267. The quantitative estimate of drug-likeness (QED) is 0.885. The number of nitrogen functional groups attached to an aromatic ring is 1. The van der Waals surface area contributed by atoms with Crippen molar-refractivity contribution >= 4 is 5.82 Å². The van der Waals surface area contributed by atoms with E-state index in [2.05, 4.69) is 4.98 Å². The summed E-state index contributed by atoms with van der Waals surface area (Å²) >= 11 is 0. The monoisotopic (exact) mass is 257 g/mol. The summed E-state index contributed by atoms with van der Waals surface area (Å²) in [4.78, 5) is 4.15. The van der Waals surface area contributed by atoms with E-state index in [0.717, 1.165) is 28.0 Å². The van der Waals surface area contributed by atoms with E-state index in [4.69, 9.17) is 16.2 Å². The molecule has 0 aliphatic heterocycles. The van der Waals surface area contributed by atoms with Crippen LogP contribution in [-0.4, -0.2) is 12.1 Å². The van der Waals surface area contributed by atoms with E-state index < -0.39 is 0 Å². The molecule has 0 aliphatic rings. The number of pyridine rings is 1. The molecule has 2 rings (SSSR count). The van der Waals surface area contributed by atoms with Gasteiger partial charge in [-0.3, -0.25) is 0 Å². The van der Waals surface area contributed by atoms with Crippen LogP contribution >= 0.6 is 0 Å². The number of nitrogens with two attached hydrogens (primary N) is 2. The summed E-state index contributed by atoms with van der Waals surface area (Å²) < 4.78 is 5.25. The van der Waals surface area contributed by atoms with Gasteiger partial charge in [-0.25, -0.2) is 4.98 Å². The maximum absolute atomic E-state index is 6.29.